The molecule has 0 aliphatic heterocycles. The second-order valence-corrected chi connectivity index (χ2v) is 5.10. The van der Waals surface area contributed by atoms with Crippen molar-refractivity contribution in [1.29, 1.82) is 0 Å². The number of methoxy groups -OCH3 is 1. The molecule has 2 rings (SSSR count). The summed E-state index contributed by atoms with van der Waals surface area (Å²) in [7, 11) is 1.54. The normalized spacial score (nSPS) is 10.2. The molecule has 0 heterocycles. The van der Waals surface area contributed by atoms with Gasteiger partial charge in [-0.2, -0.15) is 0 Å². The molecule has 0 saturated heterocycles. The van der Waals surface area contributed by atoms with E-state index in [1.54, 1.807) is 31.4 Å². The topological polar surface area (TPSA) is 67.6 Å². The van der Waals surface area contributed by atoms with Crippen LogP contribution in [-0.4, -0.2) is 26.1 Å². The van der Waals surface area contributed by atoms with Crippen molar-refractivity contribution in [2.75, 3.05) is 36.1 Å². The van der Waals surface area contributed by atoms with Gasteiger partial charge in [0.15, 0.2) is 0 Å². The second-order valence-electron chi connectivity index (χ2n) is 5.10. The molecule has 0 atom stereocenters. The molecule has 0 aromatic heterocycles. The monoisotopic (exact) mass is 313 g/mol. The van der Waals surface area contributed by atoms with E-state index in [0.717, 1.165) is 18.8 Å². The highest BCUT2D eigenvalue weighted by molar-refractivity contribution is 6.06. The van der Waals surface area contributed by atoms with Crippen molar-refractivity contribution in [2.45, 2.75) is 13.8 Å². The lowest BCUT2D eigenvalue weighted by Crippen LogP contribution is -2.23. The fraction of sp³-hybridized carbons (Fsp3) is 0.278. The number of nitrogens with zero attached hydrogens (tertiary/aromatic N) is 1. The lowest BCUT2D eigenvalue weighted by atomic mass is 10.1. The molecule has 0 aliphatic rings. The zero-order chi connectivity index (χ0) is 16.8. The van der Waals surface area contributed by atoms with E-state index in [-0.39, 0.29) is 5.91 Å². The minimum absolute atomic E-state index is 0.225. The van der Waals surface area contributed by atoms with E-state index in [2.05, 4.69) is 24.1 Å². The van der Waals surface area contributed by atoms with Crippen LogP contribution >= 0.6 is 0 Å². The van der Waals surface area contributed by atoms with Crippen LogP contribution in [0.3, 0.4) is 0 Å². The predicted molar refractivity (Wildman–Crippen MR) is 95.4 cm³/mol. The number of hydrogen-bond donors (Lipinski definition) is 2. The van der Waals surface area contributed by atoms with Gasteiger partial charge in [0.1, 0.15) is 5.75 Å². The Labute approximate surface area is 137 Å². The fourth-order valence-electron chi connectivity index (χ4n) is 2.52. The molecule has 0 bridgehead atoms. The number of anilines is 3. The van der Waals surface area contributed by atoms with Crippen LogP contribution in [0, 0.1) is 0 Å². The Hall–Kier alpha value is -2.69. The van der Waals surface area contributed by atoms with Gasteiger partial charge in [0, 0.05) is 18.8 Å². The van der Waals surface area contributed by atoms with Crippen molar-refractivity contribution in [1.82, 2.24) is 0 Å². The molecule has 3 N–H and O–H groups in total. The largest absolute Gasteiger partial charge is 0.496 e. The molecule has 2 aromatic rings. The first kappa shape index (κ1) is 16.7. The van der Waals surface area contributed by atoms with Gasteiger partial charge in [0.2, 0.25) is 0 Å². The van der Waals surface area contributed by atoms with Crippen molar-refractivity contribution < 1.29 is 9.53 Å². The molecule has 0 radical (unpaired) electrons. The van der Waals surface area contributed by atoms with Crippen LogP contribution in [0.25, 0.3) is 0 Å². The summed E-state index contributed by atoms with van der Waals surface area (Å²) in [6, 6.07) is 12.7. The van der Waals surface area contributed by atoms with Crippen molar-refractivity contribution in [3.8, 4) is 5.75 Å². The van der Waals surface area contributed by atoms with E-state index in [9.17, 15) is 4.79 Å². The Morgan fingerprint density at radius 3 is 2.48 bits per heavy atom. The molecule has 122 valence electrons. The maximum atomic E-state index is 12.4. The molecule has 5 nitrogen and oxygen atoms in total. The number of carbonyl (C=O) groups excluding carboxylic acids is 1. The molecule has 5 heteroatoms. The maximum Gasteiger partial charge on any atom is 0.259 e. The zero-order valence-electron chi connectivity index (χ0n) is 13.8. The van der Waals surface area contributed by atoms with Gasteiger partial charge in [-0.1, -0.05) is 12.1 Å². The molecule has 0 saturated carbocycles. The van der Waals surface area contributed by atoms with E-state index < -0.39 is 0 Å². The summed E-state index contributed by atoms with van der Waals surface area (Å²) >= 11 is 0. The number of ether oxygens (including phenoxy) is 1. The summed E-state index contributed by atoms with van der Waals surface area (Å²) in [4.78, 5) is 14.6. The van der Waals surface area contributed by atoms with Gasteiger partial charge >= 0.3 is 0 Å². The number of rotatable bonds is 6. The number of benzene rings is 2. The highest BCUT2D eigenvalue weighted by Crippen LogP contribution is 2.27. The number of nitrogen functional groups attached to an aromatic ring is 1. The number of carbonyl (C=O) groups is 1. The first-order valence-electron chi connectivity index (χ1n) is 7.69. The van der Waals surface area contributed by atoms with Crippen LogP contribution in [0.1, 0.15) is 24.2 Å². The smallest absolute Gasteiger partial charge is 0.259 e. The lowest BCUT2D eigenvalue weighted by molar-refractivity contribution is 0.102. The third-order valence-corrected chi connectivity index (χ3v) is 3.74. The van der Waals surface area contributed by atoms with Crippen molar-refractivity contribution in [2.24, 2.45) is 0 Å². The average molecular weight is 313 g/mol. The van der Waals surface area contributed by atoms with Crippen LogP contribution in [0.15, 0.2) is 42.5 Å². The Kier molecular flexibility index (Phi) is 5.46. The quantitative estimate of drug-likeness (QED) is 0.802. The van der Waals surface area contributed by atoms with Crippen LogP contribution in [0.2, 0.25) is 0 Å². The Morgan fingerprint density at radius 2 is 1.87 bits per heavy atom. The highest BCUT2D eigenvalue weighted by atomic mass is 16.5. The highest BCUT2D eigenvalue weighted by Gasteiger charge is 2.13. The summed E-state index contributed by atoms with van der Waals surface area (Å²) in [5.41, 5.74) is 8.90. The first-order valence-corrected chi connectivity index (χ1v) is 7.69. The van der Waals surface area contributed by atoms with Crippen molar-refractivity contribution >= 4 is 23.0 Å². The lowest BCUT2D eigenvalue weighted by Gasteiger charge is -2.23. The van der Waals surface area contributed by atoms with E-state index in [1.165, 1.54) is 0 Å². The third-order valence-electron chi connectivity index (χ3n) is 3.74. The SMILES string of the molecule is CCN(CC)c1ccc(NC(=O)c2ccccc2OC)cc1N. The second kappa shape index (κ2) is 7.54. The van der Waals surface area contributed by atoms with Gasteiger partial charge in [0.25, 0.3) is 5.91 Å². The van der Waals surface area contributed by atoms with E-state index in [4.69, 9.17) is 10.5 Å². The number of hydrogen-bond acceptors (Lipinski definition) is 4. The molecular weight excluding hydrogens is 290 g/mol. The summed E-state index contributed by atoms with van der Waals surface area (Å²) in [5, 5.41) is 2.86. The van der Waals surface area contributed by atoms with Gasteiger partial charge in [-0.05, 0) is 44.2 Å². The maximum absolute atomic E-state index is 12.4. The van der Waals surface area contributed by atoms with Crippen LogP contribution < -0.4 is 20.7 Å². The molecule has 2 aromatic carbocycles. The van der Waals surface area contributed by atoms with E-state index >= 15 is 0 Å². The molecule has 0 spiro atoms. The molecule has 0 unspecified atom stereocenters. The van der Waals surface area contributed by atoms with Crippen LogP contribution in [0.4, 0.5) is 17.1 Å². The van der Waals surface area contributed by atoms with Crippen molar-refractivity contribution in [3.63, 3.8) is 0 Å². The van der Waals surface area contributed by atoms with Crippen molar-refractivity contribution in [3.05, 3.63) is 48.0 Å². The molecule has 0 fully saturated rings. The summed E-state index contributed by atoms with van der Waals surface area (Å²) in [5.74, 6) is 0.315. The summed E-state index contributed by atoms with van der Waals surface area (Å²) < 4.78 is 5.22. The minimum Gasteiger partial charge on any atom is -0.496 e. The first-order chi connectivity index (χ1) is 11.1. The number of nitrogens with one attached hydrogen (secondary N) is 1. The Bertz CT molecular complexity index is 682. The van der Waals surface area contributed by atoms with Crippen LogP contribution in [0.5, 0.6) is 5.75 Å². The average Bonchev–Trinajstić information content (AvgIpc) is 2.57. The van der Waals surface area contributed by atoms with Gasteiger partial charge in [0.05, 0.1) is 24.0 Å². The predicted octanol–water partition coefficient (Wildman–Crippen LogP) is 3.38. The van der Waals surface area contributed by atoms with Gasteiger partial charge < -0.3 is 20.7 Å². The van der Waals surface area contributed by atoms with Crippen LogP contribution in [-0.2, 0) is 0 Å². The molecule has 23 heavy (non-hydrogen) atoms. The molecule has 1 amide bonds. The standard InChI is InChI=1S/C18H23N3O2/c1-4-21(5-2)16-11-10-13(12-15(16)19)20-18(22)14-8-6-7-9-17(14)23-3/h6-12H,4-5,19H2,1-3H3,(H,20,22). The van der Waals surface area contributed by atoms with E-state index in [1.807, 2.05) is 18.2 Å². The van der Waals surface area contributed by atoms with Gasteiger partial charge in [-0.25, -0.2) is 0 Å². The fourth-order valence-corrected chi connectivity index (χ4v) is 2.52. The Balaban J connectivity index is 2.20. The van der Waals surface area contributed by atoms with Gasteiger partial charge in [-0.15, -0.1) is 0 Å². The molecular formula is C18H23N3O2. The van der Waals surface area contributed by atoms with E-state index in [0.29, 0.717) is 22.7 Å². The molecule has 0 aliphatic carbocycles. The summed E-state index contributed by atoms with van der Waals surface area (Å²) in [6.07, 6.45) is 0. The summed E-state index contributed by atoms with van der Waals surface area (Å²) in [6.45, 7) is 5.93. The number of nitrogens with two attached hydrogens (primary N) is 1. The number of amides is 1. The minimum atomic E-state index is -0.225. The zero-order valence-corrected chi connectivity index (χ0v) is 13.8. The number of para-hydroxylation sites is 1. The third kappa shape index (κ3) is 3.74. The Morgan fingerprint density at radius 1 is 1.17 bits per heavy atom. The van der Waals surface area contributed by atoms with Gasteiger partial charge in [-0.3, -0.25) is 4.79 Å².